The van der Waals surface area contributed by atoms with Gasteiger partial charge in [0.25, 0.3) is 0 Å². The highest BCUT2D eigenvalue weighted by Gasteiger charge is 2.12. The van der Waals surface area contributed by atoms with Crippen LogP contribution in [-0.2, 0) is 14.6 Å². The van der Waals surface area contributed by atoms with Crippen molar-refractivity contribution in [1.82, 2.24) is 5.32 Å². The van der Waals surface area contributed by atoms with E-state index in [1.165, 1.54) is 6.26 Å². The van der Waals surface area contributed by atoms with E-state index in [0.29, 0.717) is 11.5 Å². The lowest BCUT2D eigenvalue weighted by atomic mass is 10.1. The SMILES string of the molecule is CCCNC(COC)c1ccc(S(C)(=O)=O)cc1. The van der Waals surface area contributed by atoms with Crippen molar-refractivity contribution in [3.63, 3.8) is 0 Å². The number of sulfone groups is 1. The summed E-state index contributed by atoms with van der Waals surface area (Å²) in [6, 6.07) is 7.05. The van der Waals surface area contributed by atoms with Gasteiger partial charge in [-0.25, -0.2) is 8.42 Å². The van der Waals surface area contributed by atoms with Gasteiger partial charge in [0.1, 0.15) is 0 Å². The Balaban J connectivity index is 2.86. The molecule has 1 atom stereocenters. The molecule has 4 nitrogen and oxygen atoms in total. The first-order chi connectivity index (χ1) is 8.49. The highest BCUT2D eigenvalue weighted by molar-refractivity contribution is 7.90. The van der Waals surface area contributed by atoms with Crippen molar-refractivity contribution in [1.29, 1.82) is 0 Å². The predicted octanol–water partition coefficient (Wildman–Crippen LogP) is 1.78. The molecule has 1 aromatic rings. The van der Waals surface area contributed by atoms with Crippen LogP contribution < -0.4 is 5.32 Å². The molecule has 0 radical (unpaired) electrons. The number of hydrogen-bond donors (Lipinski definition) is 1. The quantitative estimate of drug-likeness (QED) is 0.821. The van der Waals surface area contributed by atoms with Gasteiger partial charge in [-0.1, -0.05) is 19.1 Å². The van der Waals surface area contributed by atoms with E-state index in [-0.39, 0.29) is 6.04 Å². The molecular weight excluding hydrogens is 250 g/mol. The first-order valence-corrected chi connectivity index (χ1v) is 7.90. The number of ether oxygens (including phenoxy) is 1. The average molecular weight is 271 g/mol. The Bertz CT molecular complexity index is 454. The van der Waals surface area contributed by atoms with Crippen LogP contribution in [0, 0.1) is 0 Å². The van der Waals surface area contributed by atoms with Crippen LogP contribution in [0.4, 0.5) is 0 Å². The van der Waals surface area contributed by atoms with E-state index in [4.69, 9.17) is 4.74 Å². The van der Waals surface area contributed by atoms with Crippen molar-refractivity contribution in [3.8, 4) is 0 Å². The summed E-state index contributed by atoms with van der Waals surface area (Å²) in [6.45, 7) is 3.57. The Morgan fingerprint density at radius 1 is 1.28 bits per heavy atom. The van der Waals surface area contributed by atoms with Crippen LogP contribution in [-0.4, -0.2) is 34.9 Å². The molecule has 1 N–H and O–H groups in total. The number of methoxy groups -OCH3 is 1. The van der Waals surface area contributed by atoms with Crippen LogP contribution in [0.25, 0.3) is 0 Å². The average Bonchev–Trinajstić information content (AvgIpc) is 2.33. The number of hydrogen-bond acceptors (Lipinski definition) is 4. The number of nitrogens with one attached hydrogen (secondary N) is 1. The fraction of sp³-hybridized carbons (Fsp3) is 0.538. The minimum absolute atomic E-state index is 0.101. The summed E-state index contributed by atoms with van der Waals surface area (Å²) in [5.74, 6) is 0. The molecule has 0 aromatic heterocycles. The maximum Gasteiger partial charge on any atom is 0.175 e. The fourth-order valence-corrected chi connectivity index (χ4v) is 2.34. The lowest BCUT2D eigenvalue weighted by Gasteiger charge is -2.18. The van der Waals surface area contributed by atoms with Gasteiger partial charge in [0.05, 0.1) is 17.5 Å². The summed E-state index contributed by atoms with van der Waals surface area (Å²) >= 11 is 0. The van der Waals surface area contributed by atoms with Crippen LogP contribution in [0.2, 0.25) is 0 Å². The molecule has 0 aliphatic carbocycles. The van der Waals surface area contributed by atoms with Crippen molar-refractivity contribution in [2.75, 3.05) is 26.5 Å². The fourth-order valence-electron chi connectivity index (χ4n) is 1.71. The highest BCUT2D eigenvalue weighted by Crippen LogP contribution is 2.17. The second kappa shape index (κ2) is 6.87. The summed E-state index contributed by atoms with van der Waals surface area (Å²) < 4.78 is 27.9. The molecule has 0 aliphatic rings. The van der Waals surface area contributed by atoms with Crippen LogP contribution in [0.5, 0.6) is 0 Å². The van der Waals surface area contributed by atoms with E-state index >= 15 is 0 Å². The van der Waals surface area contributed by atoms with Crippen LogP contribution in [0.3, 0.4) is 0 Å². The van der Waals surface area contributed by atoms with Gasteiger partial charge in [0.15, 0.2) is 9.84 Å². The Kier molecular flexibility index (Phi) is 5.78. The third-order valence-electron chi connectivity index (χ3n) is 2.68. The first kappa shape index (κ1) is 15.1. The molecule has 1 unspecified atom stereocenters. The van der Waals surface area contributed by atoms with Gasteiger partial charge in [0.2, 0.25) is 0 Å². The van der Waals surface area contributed by atoms with E-state index in [1.54, 1.807) is 19.2 Å². The molecule has 0 saturated carbocycles. The summed E-state index contributed by atoms with van der Waals surface area (Å²) in [6.07, 6.45) is 2.26. The van der Waals surface area contributed by atoms with Crippen LogP contribution >= 0.6 is 0 Å². The van der Waals surface area contributed by atoms with Gasteiger partial charge in [-0.05, 0) is 30.7 Å². The van der Waals surface area contributed by atoms with E-state index in [0.717, 1.165) is 18.5 Å². The normalized spacial score (nSPS) is 13.5. The monoisotopic (exact) mass is 271 g/mol. The Morgan fingerprint density at radius 2 is 1.89 bits per heavy atom. The van der Waals surface area contributed by atoms with Gasteiger partial charge in [-0.15, -0.1) is 0 Å². The largest absolute Gasteiger partial charge is 0.383 e. The van der Waals surface area contributed by atoms with Crippen LogP contribution in [0.15, 0.2) is 29.2 Å². The minimum Gasteiger partial charge on any atom is -0.383 e. The maximum absolute atomic E-state index is 11.4. The van der Waals surface area contributed by atoms with E-state index in [2.05, 4.69) is 12.2 Å². The number of rotatable bonds is 7. The summed E-state index contributed by atoms with van der Waals surface area (Å²) in [7, 11) is -1.47. The molecular formula is C13H21NO3S. The zero-order valence-electron chi connectivity index (χ0n) is 11.1. The third kappa shape index (κ3) is 4.40. The molecule has 1 aromatic carbocycles. The lowest BCUT2D eigenvalue weighted by Crippen LogP contribution is -2.25. The molecule has 102 valence electrons. The molecule has 1 rings (SSSR count). The van der Waals surface area contributed by atoms with E-state index in [9.17, 15) is 8.42 Å². The first-order valence-electron chi connectivity index (χ1n) is 6.01. The van der Waals surface area contributed by atoms with Gasteiger partial charge >= 0.3 is 0 Å². The molecule has 0 heterocycles. The van der Waals surface area contributed by atoms with E-state index < -0.39 is 9.84 Å². The van der Waals surface area contributed by atoms with Crippen molar-refractivity contribution < 1.29 is 13.2 Å². The third-order valence-corrected chi connectivity index (χ3v) is 3.81. The summed E-state index contributed by atoms with van der Waals surface area (Å²) in [4.78, 5) is 0.345. The van der Waals surface area contributed by atoms with Crippen LogP contribution in [0.1, 0.15) is 24.9 Å². The standard InChI is InChI=1S/C13H21NO3S/c1-4-9-14-13(10-17-2)11-5-7-12(8-6-11)18(3,15)16/h5-8,13-14H,4,9-10H2,1-3H3. The Labute approximate surface area is 109 Å². The van der Waals surface area contributed by atoms with Crippen molar-refractivity contribution in [2.45, 2.75) is 24.3 Å². The van der Waals surface area contributed by atoms with Gasteiger partial charge < -0.3 is 10.1 Å². The topological polar surface area (TPSA) is 55.4 Å². The zero-order valence-corrected chi connectivity index (χ0v) is 12.0. The molecule has 5 heteroatoms. The minimum atomic E-state index is -3.13. The number of benzene rings is 1. The molecule has 0 amide bonds. The summed E-state index contributed by atoms with van der Waals surface area (Å²) in [5, 5.41) is 3.37. The predicted molar refractivity (Wildman–Crippen MR) is 72.5 cm³/mol. The molecule has 0 bridgehead atoms. The highest BCUT2D eigenvalue weighted by atomic mass is 32.2. The van der Waals surface area contributed by atoms with E-state index in [1.807, 2.05) is 12.1 Å². The second-order valence-electron chi connectivity index (χ2n) is 4.30. The van der Waals surface area contributed by atoms with Crippen molar-refractivity contribution in [3.05, 3.63) is 29.8 Å². The Morgan fingerprint density at radius 3 is 2.33 bits per heavy atom. The molecule has 0 fully saturated rings. The lowest BCUT2D eigenvalue weighted by molar-refractivity contribution is 0.167. The molecule has 0 saturated heterocycles. The summed E-state index contributed by atoms with van der Waals surface area (Å²) in [5.41, 5.74) is 1.04. The van der Waals surface area contributed by atoms with Gasteiger partial charge in [-0.3, -0.25) is 0 Å². The zero-order chi connectivity index (χ0) is 13.6. The molecule has 0 aliphatic heterocycles. The Hall–Kier alpha value is -0.910. The van der Waals surface area contributed by atoms with Crippen molar-refractivity contribution in [2.24, 2.45) is 0 Å². The molecule has 0 spiro atoms. The molecule has 18 heavy (non-hydrogen) atoms. The van der Waals surface area contributed by atoms with Crippen molar-refractivity contribution >= 4 is 9.84 Å². The van der Waals surface area contributed by atoms with Gasteiger partial charge in [-0.2, -0.15) is 0 Å². The maximum atomic E-state index is 11.4. The smallest absolute Gasteiger partial charge is 0.175 e. The van der Waals surface area contributed by atoms with Gasteiger partial charge in [0, 0.05) is 13.4 Å². The second-order valence-corrected chi connectivity index (χ2v) is 6.32.